The minimum atomic E-state index is -4.04. The topological polar surface area (TPSA) is 106 Å². The number of ketones is 1. The first-order valence-corrected chi connectivity index (χ1v) is 9.93. The molecule has 1 N–H and O–H groups in total. The number of halogens is 1. The lowest BCUT2D eigenvalue weighted by atomic mass is 9.90. The van der Waals surface area contributed by atoms with Crippen LogP contribution in [0, 0.1) is 17.0 Å². The highest BCUT2D eigenvalue weighted by molar-refractivity contribution is 7.89. The highest BCUT2D eigenvalue weighted by Gasteiger charge is 2.35. The van der Waals surface area contributed by atoms with Crippen molar-refractivity contribution in [2.24, 2.45) is 0 Å². The van der Waals surface area contributed by atoms with Gasteiger partial charge >= 0.3 is 0 Å². The molecule has 0 saturated heterocycles. The molecule has 2 aromatic rings. The molecular weight excluding hydrogens is 392 g/mol. The van der Waals surface area contributed by atoms with Crippen LogP contribution in [-0.2, 0) is 14.8 Å². The summed E-state index contributed by atoms with van der Waals surface area (Å²) in [5, 5.41) is 11.6. The maximum absolute atomic E-state index is 12.7. The number of hydrogen-bond donors (Lipinski definition) is 1. The molecule has 0 fully saturated rings. The number of carbonyl (C=O) groups excluding carboxylic acids is 1. The molecule has 9 heteroatoms. The van der Waals surface area contributed by atoms with Crippen LogP contribution in [0.15, 0.2) is 53.4 Å². The van der Waals surface area contributed by atoms with Crippen LogP contribution in [0.4, 0.5) is 0 Å². The third-order valence-electron chi connectivity index (χ3n) is 4.10. The van der Waals surface area contributed by atoms with Crippen LogP contribution in [0.25, 0.3) is 0 Å². The van der Waals surface area contributed by atoms with E-state index in [1.807, 2.05) is 6.92 Å². The SMILES string of the molecule is CC(=O)[C@@H](NS(=O)(=O)c1ccc(C)cc1)[C@@H](C[N+](=O)[O-])c1ccc(Cl)cc1. The summed E-state index contributed by atoms with van der Waals surface area (Å²) in [7, 11) is -4.04. The molecule has 27 heavy (non-hydrogen) atoms. The lowest BCUT2D eigenvalue weighted by Crippen LogP contribution is -2.45. The Morgan fingerprint density at radius 3 is 2.19 bits per heavy atom. The fraction of sp³-hybridized carbons (Fsp3) is 0.278. The highest BCUT2D eigenvalue weighted by Crippen LogP contribution is 2.24. The highest BCUT2D eigenvalue weighted by atomic mass is 35.5. The van der Waals surface area contributed by atoms with Crippen LogP contribution < -0.4 is 4.72 Å². The number of nitrogens with zero attached hydrogens (tertiary/aromatic N) is 1. The number of rotatable bonds is 8. The van der Waals surface area contributed by atoms with Gasteiger partial charge < -0.3 is 0 Å². The molecule has 2 rings (SSSR count). The zero-order chi connectivity index (χ0) is 20.2. The van der Waals surface area contributed by atoms with Gasteiger partial charge in [0.1, 0.15) is 5.78 Å². The van der Waals surface area contributed by atoms with E-state index in [-0.39, 0.29) is 4.90 Å². The fourth-order valence-electron chi connectivity index (χ4n) is 2.67. The van der Waals surface area contributed by atoms with Crippen LogP contribution in [0.1, 0.15) is 24.0 Å². The van der Waals surface area contributed by atoms with Gasteiger partial charge in [-0.05, 0) is 43.7 Å². The minimum Gasteiger partial charge on any atom is -0.298 e. The van der Waals surface area contributed by atoms with Gasteiger partial charge in [-0.3, -0.25) is 14.9 Å². The van der Waals surface area contributed by atoms with E-state index in [9.17, 15) is 23.3 Å². The van der Waals surface area contributed by atoms with E-state index in [4.69, 9.17) is 11.6 Å². The molecule has 0 saturated carbocycles. The van der Waals surface area contributed by atoms with E-state index in [0.29, 0.717) is 10.6 Å². The predicted octanol–water partition coefficient (Wildman–Crippen LogP) is 2.94. The number of nitro groups is 1. The van der Waals surface area contributed by atoms with Gasteiger partial charge in [0.25, 0.3) is 0 Å². The van der Waals surface area contributed by atoms with Crippen LogP contribution in [0.5, 0.6) is 0 Å². The Morgan fingerprint density at radius 1 is 1.15 bits per heavy atom. The monoisotopic (exact) mass is 410 g/mol. The summed E-state index contributed by atoms with van der Waals surface area (Å²) in [5.74, 6) is -1.50. The van der Waals surface area contributed by atoms with Crippen LogP contribution in [-0.4, -0.2) is 31.7 Å². The fourth-order valence-corrected chi connectivity index (χ4v) is 4.10. The molecule has 0 spiro atoms. The lowest BCUT2D eigenvalue weighted by Gasteiger charge is -2.23. The molecule has 0 radical (unpaired) electrons. The molecule has 0 heterocycles. The van der Waals surface area contributed by atoms with E-state index in [2.05, 4.69) is 4.72 Å². The summed E-state index contributed by atoms with van der Waals surface area (Å²) < 4.78 is 27.7. The Bertz CT molecular complexity index is 927. The van der Waals surface area contributed by atoms with Crippen molar-refractivity contribution in [1.29, 1.82) is 0 Å². The molecule has 0 bridgehead atoms. The summed E-state index contributed by atoms with van der Waals surface area (Å²) in [4.78, 5) is 22.7. The quantitative estimate of drug-likeness (QED) is 0.531. The Kier molecular flexibility index (Phi) is 6.69. The molecule has 0 aromatic heterocycles. The van der Waals surface area contributed by atoms with Gasteiger partial charge in [-0.1, -0.05) is 41.4 Å². The van der Waals surface area contributed by atoms with E-state index in [1.165, 1.54) is 31.2 Å². The third kappa shape index (κ3) is 5.59. The van der Waals surface area contributed by atoms with Gasteiger partial charge in [0.05, 0.1) is 16.9 Å². The average molecular weight is 411 g/mol. The molecule has 2 atom stereocenters. The summed E-state index contributed by atoms with van der Waals surface area (Å²) in [6, 6.07) is 11.0. The number of aryl methyl sites for hydroxylation is 1. The molecule has 0 aliphatic heterocycles. The average Bonchev–Trinajstić information content (AvgIpc) is 2.59. The Labute approximate surface area is 162 Å². The zero-order valence-electron chi connectivity index (χ0n) is 14.8. The predicted molar refractivity (Wildman–Crippen MR) is 102 cm³/mol. The first kappa shape index (κ1) is 21.0. The molecule has 0 unspecified atom stereocenters. The Balaban J connectivity index is 2.42. The molecule has 144 valence electrons. The Hall–Kier alpha value is -2.29. The van der Waals surface area contributed by atoms with Crippen LogP contribution in [0.2, 0.25) is 5.02 Å². The van der Waals surface area contributed by atoms with E-state index in [0.717, 1.165) is 5.56 Å². The van der Waals surface area contributed by atoms with Gasteiger partial charge in [0, 0.05) is 9.95 Å². The van der Waals surface area contributed by atoms with Crippen molar-refractivity contribution in [3.8, 4) is 0 Å². The van der Waals surface area contributed by atoms with Crippen molar-refractivity contribution in [3.63, 3.8) is 0 Å². The first-order chi connectivity index (χ1) is 12.6. The minimum absolute atomic E-state index is 0.0182. The van der Waals surface area contributed by atoms with Gasteiger partial charge in [0.15, 0.2) is 0 Å². The molecule has 0 amide bonds. The maximum atomic E-state index is 12.7. The van der Waals surface area contributed by atoms with Crippen molar-refractivity contribution in [3.05, 3.63) is 74.8 Å². The number of Topliss-reactive ketones (excluding diaryl/α,β-unsaturated/α-hetero) is 1. The van der Waals surface area contributed by atoms with Crippen molar-refractivity contribution < 1.29 is 18.1 Å². The van der Waals surface area contributed by atoms with Crippen molar-refractivity contribution in [1.82, 2.24) is 4.72 Å². The van der Waals surface area contributed by atoms with Crippen molar-refractivity contribution >= 4 is 27.4 Å². The second kappa shape index (κ2) is 8.60. The summed E-state index contributed by atoms with van der Waals surface area (Å²) >= 11 is 5.85. The zero-order valence-corrected chi connectivity index (χ0v) is 16.3. The lowest BCUT2D eigenvalue weighted by molar-refractivity contribution is -0.483. The smallest absolute Gasteiger partial charge is 0.241 e. The second-order valence-corrected chi connectivity index (χ2v) is 8.35. The number of nitrogens with one attached hydrogen (secondary N) is 1. The summed E-state index contributed by atoms with van der Waals surface area (Å²) in [5.41, 5.74) is 1.33. The summed E-state index contributed by atoms with van der Waals surface area (Å²) in [6.07, 6.45) is 0. The van der Waals surface area contributed by atoms with Crippen LogP contribution in [0.3, 0.4) is 0 Å². The second-order valence-electron chi connectivity index (χ2n) is 6.20. The van der Waals surface area contributed by atoms with Crippen molar-refractivity contribution in [2.45, 2.75) is 30.7 Å². The maximum Gasteiger partial charge on any atom is 0.241 e. The van der Waals surface area contributed by atoms with Crippen LogP contribution >= 0.6 is 11.6 Å². The number of benzene rings is 2. The molecule has 0 aliphatic rings. The Morgan fingerprint density at radius 2 is 1.70 bits per heavy atom. The molecule has 0 aliphatic carbocycles. The molecular formula is C18H19ClN2O5S. The van der Waals surface area contributed by atoms with E-state index < -0.39 is 39.2 Å². The van der Waals surface area contributed by atoms with Gasteiger partial charge in [0.2, 0.25) is 16.6 Å². The standard InChI is InChI=1S/C18H19ClN2O5S/c1-12-3-9-16(10-4-12)27(25,26)20-18(13(2)22)17(11-21(23)24)14-5-7-15(19)8-6-14/h3-10,17-18,20H,11H2,1-2H3/t17-,18+/m0/s1. The number of hydrogen-bond acceptors (Lipinski definition) is 5. The normalized spacial score (nSPS) is 13.7. The number of carbonyl (C=O) groups is 1. The van der Waals surface area contributed by atoms with E-state index >= 15 is 0 Å². The van der Waals surface area contributed by atoms with E-state index in [1.54, 1.807) is 24.3 Å². The van der Waals surface area contributed by atoms with Gasteiger partial charge in [-0.2, -0.15) is 4.72 Å². The summed E-state index contributed by atoms with van der Waals surface area (Å²) in [6.45, 7) is 2.41. The molecule has 7 nitrogen and oxygen atoms in total. The number of sulfonamides is 1. The van der Waals surface area contributed by atoms with Gasteiger partial charge in [-0.15, -0.1) is 0 Å². The van der Waals surface area contributed by atoms with Gasteiger partial charge in [-0.25, -0.2) is 8.42 Å². The third-order valence-corrected chi connectivity index (χ3v) is 5.81. The molecule has 2 aromatic carbocycles. The largest absolute Gasteiger partial charge is 0.298 e. The first-order valence-electron chi connectivity index (χ1n) is 8.07. The van der Waals surface area contributed by atoms with Crippen molar-refractivity contribution in [2.75, 3.05) is 6.54 Å².